The zero-order valence-electron chi connectivity index (χ0n) is 14.3. The predicted molar refractivity (Wildman–Crippen MR) is 108 cm³/mol. The summed E-state index contributed by atoms with van der Waals surface area (Å²) in [6.07, 6.45) is 5.61. The van der Waals surface area contributed by atoms with Crippen LogP contribution in [-0.2, 0) is 0 Å². The number of amides is 1. The smallest absolute Gasteiger partial charge is 0.257 e. The first-order valence-electron chi connectivity index (χ1n) is 8.18. The molecule has 0 fully saturated rings. The number of nitrogens with zero attached hydrogens (tertiary/aromatic N) is 3. The quantitative estimate of drug-likeness (QED) is 0.513. The third-order valence-corrected chi connectivity index (χ3v) is 4.73. The number of anilines is 1. The molecule has 7 heteroatoms. The molecule has 0 aliphatic rings. The number of hydrogen-bond acceptors (Lipinski definition) is 3. The molecule has 5 nitrogen and oxygen atoms in total. The normalized spacial score (nSPS) is 10.9. The van der Waals surface area contributed by atoms with Crippen LogP contribution in [0.1, 0.15) is 15.9 Å². The molecule has 0 aliphatic heterocycles. The number of carbonyl (C=O) groups is 1. The summed E-state index contributed by atoms with van der Waals surface area (Å²) in [5, 5.41) is 3.62. The van der Waals surface area contributed by atoms with Gasteiger partial charge < -0.3 is 5.32 Å². The number of fused-ring (bicyclic) bond motifs is 1. The Labute approximate surface area is 165 Å². The highest BCUT2D eigenvalue weighted by Gasteiger charge is 2.13. The molecule has 1 N–H and O–H groups in total. The van der Waals surface area contributed by atoms with Gasteiger partial charge in [-0.2, -0.15) is 0 Å². The summed E-state index contributed by atoms with van der Waals surface area (Å²) in [4.78, 5) is 21.4. The van der Waals surface area contributed by atoms with E-state index in [9.17, 15) is 4.79 Å². The van der Waals surface area contributed by atoms with Gasteiger partial charge in [-0.15, -0.1) is 0 Å². The molecule has 134 valence electrons. The van der Waals surface area contributed by atoms with Crippen molar-refractivity contribution < 1.29 is 4.79 Å². The molecular weight excluding hydrogens is 383 g/mol. The fraction of sp³-hybridized carbons (Fsp3) is 0.0500. The molecule has 0 spiro atoms. The molecule has 0 unspecified atom stereocenters. The van der Waals surface area contributed by atoms with Crippen molar-refractivity contribution in [2.75, 3.05) is 5.32 Å². The lowest BCUT2D eigenvalue weighted by atomic mass is 10.1. The van der Waals surface area contributed by atoms with Gasteiger partial charge in [-0.1, -0.05) is 41.4 Å². The number of benzene rings is 2. The number of carbonyl (C=O) groups excluding carboxylic acids is 1. The third-order valence-electron chi connectivity index (χ3n) is 4.07. The summed E-state index contributed by atoms with van der Waals surface area (Å²) in [6.45, 7) is 1.97. The number of aryl methyl sites for hydroxylation is 1. The van der Waals surface area contributed by atoms with E-state index in [1.807, 2.05) is 29.8 Å². The van der Waals surface area contributed by atoms with Crippen molar-refractivity contribution in [3.8, 4) is 11.3 Å². The minimum Gasteiger partial charge on any atom is -0.321 e. The van der Waals surface area contributed by atoms with Crippen molar-refractivity contribution in [2.24, 2.45) is 0 Å². The molecule has 4 aromatic rings. The molecule has 0 aliphatic carbocycles. The van der Waals surface area contributed by atoms with E-state index in [0.29, 0.717) is 27.1 Å². The summed E-state index contributed by atoms with van der Waals surface area (Å²) < 4.78 is 1.86. The highest BCUT2D eigenvalue weighted by atomic mass is 35.5. The molecule has 1 amide bonds. The van der Waals surface area contributed by atoms with Crippen LogP contribution >= 0.6 is 23.2 Å². The van der Waals surface area contributed by atoms with Crippen molar-refractivity contribution in [3.05, 3.63) is 82.2 Å². The molecule has 0 saturated heterocycles. The molecule has 0 saturated carbocycles. The molecule has 0 atom stereocenters. The SMILES string of the molecule is Cc1cnc2nc(-c3ccc(Cl)c(NC(=O)c4ccccc4Cl)c3)cn2c1. The summed E-state index contributed by atoms with van der Waals surface area (Å²) in [6, 6.07) is 12.2. The summed E-state index contributed by atoms with van der Waals surface area (Å²) >= 11 is 12.4. The molecule has 2 aromatic carbocycles. The van der Waals surface area contributed by atoms with Crippen LogP contribution in [0.4, 0.5) is 5.69 Å². The first-order chi connectivity index (χ1) is 13.0. The van der Waals surface area contributed by atoms with Gasteiger partial charge in [0.2, 0.25) is 5.78 Å². The molecule has 4 rings (SSSR count). The Kier molecular flexibility index (Phi) is 4.56. The predicted octanol–water partition coefficient (Wildman–Crippen LogP) is 5.26. The molecule has 0 bridgehead atoms. The zero-order chi connectivity index (χ0) is 19.0. The summed E-state index contributed by atoms with van der Waals surface area (Å²) in [7, 11) is 0. The summed E-state index contributed by atoms with van der Waals surface area (Å²) in [5.41, 5.74) is 3.46. The fourth-order valence-electron chi connectivity index (χ4n) is 2.74. The van der Waals surface area contributed by atoms with Crippen LogP contribution in [0.5, 0.6) is 0 Å². The maximum Gasteiger partial charge on any atom is 0.257 e. The van der Waals surface area contributed by atoms with E-state index in [0.717, 1.165) is 16.8 Å². The lowest BCUT2D eigenvalue weighted by Gasteiger charge is -2.09. The Morgan fingerprint density at radius 2 is 1.89 bits per heavy atom. The number of hydrogen-bond donors (Lipinski definition) is 1. The van der Waals surface area contributed by atoms with Gasteiger partial charge in [0.1, 0.15) is 0 Å². The Morgan fingerprint density at radius 3 is 2.70 bits per heavy atom. The van der Waals surface area contributed by atoms with Crippen molar-refractivity contribution in [1.82, 2.24) is 14.4 Å². The van der Waals surface area contributed by atoms with Gasteiger partial charge in [-0.05, 0) is 36.8 Å². The van der Waals surface area contributed by atoms with Crippen LogP contribution in [0, 0.1) is 6.92 Å². The first-order valence-corrected chi connectivity index (χ1v) is 8.94. The second-order valence-corrected chi connectivity index (χ2v) is 6.91. The van der Waals surface area contributed by atoms with Crippen LogP contribution < -0.4 is 5.32 Å². The maximum absolute atomic E-state index is 12.5. The summed E-state index contributed by atoms with van der Waals surface area (Å²) in [5.74, 6) is 0.277. The minimum atomic E-state index is -0.327. The van der Waals surface area contributed by atoms with Crippen molar-refractivity contribution >= 4 is 40.6 Å². The Morgan fingerprint density at radius 1 is 1.07 bits per heavy atom. The monoisotopic (exact) mass is 396 g/mol. The number of halogens is 2. The van der Waals surface area contributed by atoms with E-state index in [2.05, 4.69) is 15.3 Å². The van der Waals surface area contributed by atoms with Crippen molar-refractivity contribution in [1.29, 1.82) is 0 Å². The van der Waals surface area contributed by atoms with Crippen LogP contribution in [0.2, 0.25) is 10.0 Å². The second kappa shape index (κ2) is 7.02. The largest absolute Gasteiger partial charge is 0.321 e. The van der Waals surface area contributed by atoms with Crippen molar-refractivity contribution in [3.63, 3.8) is 0 Å². The van der Waals surface area contributed by atoms with Crippen LogP contribution in [-0.4, -0.2) is 20.3 Å². The van der Waals surface area contributed by atoms with Gasteiger partial charge in [0, 0.05) is 24.2 Å². The van der Waals surface area contributed by atoms with Crippen LogP contribution in [0.15, 0.2) is 61.1 Å². The average Bonchev–Trinajstić information content (AvgIpc) is 3.07. The van der Waals surface area contributed by atoms with E-state index in [1.54, 1.807) is 42.6 Å². The fourth-order valence-corrected chi connectivity index (χ4v) is 3.13. The Hall–Kier alpha value is -2.89. The average molecular weight is 397 g/mol. The van der Waals surface area contributed by atoms with Gasteiger partial charge in [0.25, 0.3) is 5.91 Å². The Bertz CT molecular complexity index is 1170. The number of imidazole rings is 1. The molecular formula is C20H14Cl2N4O. The van der Waals surface area contributed by atoms with Gasteiger partial charge in [-0.3, -0.25) is 9.20 Å². The number of rotatable bonds is 3. The van der Waals surface area contributed by atoms with E-state index in [1.165, 1.54) is 0 Å². The lowest BCUT2D eigenvalue weighted by molar-refractivity contribution is 0.102. The van der Waals surface area contributed by atoms with Gasteiger partial charge in [0.05, 0.1) is 27.0 Å². The zero-order valence-corrected chi connectivity index (χ0v) is 15.8. The Balaban J connectivity index is 1.68. The van der Waals surface area contributed by atoms with Gasteiger partial charge in [-0.25, -0.2) is 9.97 Å². The maximum atomic E-state index is 12.5. The molecule has 2 heterocycles. The second-order valence-electron chi connectivity index (χ2n) is 6.09. The standard InChI is InChI=1S/C20H14Cl2N4O/c1-12-9-23-20-25-18(11-26(20)10-12)13-6-7-16(22)17(8-13)24-19(27)14-4-2-3-5-15(14)21/h2-11H,1H3,(H,24,27). The number of aromatic nitrogens is 3. The highest BCUT2D eigenvalue weighted by Crippen LogP contribution is 2.29. The van der Waals surface area contributed by atoms with E-state index < -0.39 is 0 Å². The van der Waals surface area contributed by atoms with Gasteiger partial charge in [0.15, 0.2) is 0 Å². The van der Waals surface area contributed by atoms with E-state index in [4.69, 9.17) is 23.2 Å². The van der Waals surface area contributed by atoms with E-state index in [-0.39, 0.29) is 5.91 Å². The molecule has 27 heavy (non-hydrogen) atoms. The first kappa shape index (κ1) is 17.5. The van der Waals surface area contributed by atoms with E-state index >= 15 is 0 Å². The molecule has 2 aromatic heterocycles. The molecule has 0 radical (unpaired) electrons. The number of nitrogens with one attached hydrogen (secondary N) is 1. The van der Waals surface area contributed by atoms with Crippen LogP contribution in [0.3, 0.4) is 0 Å². The lowest BCUT2D eigenvalue weighted by Crippen LogP contribution is -2.12. The highest BCUT2D eigenvalue weighted by molar-refractivity contribution is 6.36. The topological polar surface area (TPSA) is 59.3 Å². The van der Waals surface area contributed by atoms with Crippen molar-refractivity contribution in [2.45, 2.75) is 6.92 Å². The van der Waals surface area contributed by atoms with Crippen LogP contribution in [0.25, 0.3) is 17.0 Å². The van der Waals surface area contributed by atoms with Gasteiger partial charge >= 0.3 is 0 Å². The minimum absolute atomic E-state index is 0.327. The third kappa shape index (κ3) is 3.52.